The van der Waals surface area contributed by atoms with Gasteiger partial charge in [-0.1, -0.05) is 13.8 Å². The minimum Gasteiger partial charge on any atom is -0.372 e. The molecule has 0 bridgehead atoms. The molecule has 0 aliphatic rings. The quantitative estimate of drug-likeness (QED) is 0.680. The number of anilines is 3. The van der Waals surface area contributed by atoms with E-state index in [2.05, 4.69) is 52.8 Å². The zero-order valence-electron chi connectivity index (χ0n) is 16.9. The van der Waals surface area contributed by atoms with Crippen LogP contribution in [0, 0.1) is 0 Å². The third kappa shape index (κ3) is 5.67. The maximum absolute atomic E-state index is 12.6. The Balaban J connectivity index is 2.10. The third-order valence-electron chi connectivity index (χ3n) is 4.40. The van der Waals surface area contributed by atoms with Crippen LogP contribution in [0.3, 0.4) is 0 Å². The van der Waals surface area contributed by atoms with Crippen molar-refractivity contribution in [1.29, 1.82) is 0 Å². The molecule has 6 heteroatoms. The van der Waals surface area contributed by atoms with Crippen molar-refractivity contribution in [3.05, 3.63) is 42.2 Å². The number of carbonyl (C=O) groups excluding carboxylic acids is 1. The first-order chi connectivity index (χ1) is 13.1. The molecule has 0 aliphatic carbocycles. The van der Waals surface area contributed by atoms with E-state index in [-0.39, 0.29) is 5.91 Å². The van der Waals surface area contributed by atoms with Crippen molar-refractivity contribution >= 4 is 23.2 Å². The number of aromatic nitrogens is 2. The van der Waals surface area contributed by atoms with Crippen LogP contribution in [0.15, 0.2) is 36.5 Å². The molecule has 0 fully saturated rings. The van der Waals surface area contributed by atoms with E-state index in [1.54, 1.807) is 12.3 Å². The zero-order valence-corrected chi connectivity index (χ0v) is 16.9. The van der Waals surface area contributed by atoms with E-state index in [1.807, 2.05) is 24.3 Å². The SMILES string of the molecule is CCCN(CCC)c1nccc(C(=O)Nc2ccc(N(CC)CC)cc2)n1. The Labute approximate surface area is 162 Å². The van der Waals surface area contributed by atoms with Gasteiger partial charge in [0.15, 0.2) is 0 Å². The molecule has 6 nitrogen and oxygen atoms in total. The van der Waals surface area contributed by atoms with Crippen molar-refractivity contribution in [3.63, 3.8) is 0 Å². The predicted molar refractivity (Wildman–Crippen MR) is 113 cm³/mol. The van der Waals surface area contributed by atoms with Crippen molar-refractivity contribution in [2.45, 2.75) is 40.5 Å². The minimum atomic E-state index is -0.220. The molecule has 2 aromatic rings. The number of carbonyl (C=O) groups is 1. The van der Waals surface area contributed by atoms with Gasteiger partial charge in [-0.3, -0.25) is 4.79 Å². The predicted octanol–water partition coefficient (Wildman–Crippen LogP) is 4.20. The summed E-state index contributed by atoms with van der Waals surface area (Å²) >= 11 is 0. The number of benzene rings is 1. The molecule has 146 valence electrons. The summed E-state index contributed by atoms with van der Waals surface area (Å²) in [5.74, 6) is 0.394. The van der Waals surface area contributed by atoms with Gasteiger partial charge in [0.05, 0.1) is 0 Å². The molecular weight excluding hydrogens is 338 g/mol. The number of rotatable bonds is 10. The lowest BCUT2D eigenvalue weighted by atomic mass is 10.2. The largest absolute Gasteiger partial charge is 0.372 e. The van der Waals surface area contributed by atoms with Crippen LogP contribution < -0.4 is 15.1 Å². The molecule has 1 N–H and O–H groups in total. The second-order valence-electron chi connectivity index (χ2n) is 6.40. The summed E-state index contributed by atoms with van der Waals surface area (Å²) < 4.78 is 0. The molecule has 27 heavy (non-hydrogen) atoms. The first-order valence-electron chi connectivity index (χ1n) is 9.87. The third-order valence-corrected chi connectivity index (χ3v) is 4.40. The van der Waals surface area contributed by atoms with Gasteiger partial charge >= 0.3 is 0 Å². The molecule has 1 heterocycles. The van der Waals surface area contributed by atoms with Crippen molar-refractivity contribution in [3.8, 4) is 0 Å². The number of hydrogen-bond donors (Lipinski definition) is 1. The van der Waals surface area contributed by atoms with Crippen LogP contribution in [0.2, 0.25) is 0 Å². The average Bonchev–Trinajstić information content (AvgIpc) is 2.70. The summed E-state index contributed by atoms with van der Waals surface area (Å²) in [7, 11) is 0. The van der Waals surface area contributed by atoms with Crippen molar-refractivity contribution in [2.75, 3.05) is 41.3 Å². The summed E-state index contributed by atoms with van der Waals surface area (Å²) in [6.45, 7) is 12.2. The summed E-state index contributed by atoms with van der Waals surface area (Å²) in [6.07, 6.45) is 3.68. The van der Waals surface area contributed by atoms with Crippen molar-refractivity contribution in [2.24, 2.45) is 0 Å². The van der Waals surface area contributed by atoms with E-state index in [0.717, 1.165) is 50.4 Å². The van der Waals surface area contributed by atoms with E-state index in [4.69, 9.17) is 0 Å². The molecule has 1 amide bonds. The Hall–Kier alpha value is -2.63. The topological polar surface area (TPSA) is 61.4 Å². The van der Waals surface area contributed by atoms with Gasteiger partial charge in [-0.2, -0.15) is 0 Å². The summed E-state index contributed by atoms with van der Waals surface area (Å²) in [5.41, 5.74) is 2.29. The average molecular weight is 370 g/mol. The van der Waals surface area contributed by atoms with Gasteiger partial charge in [-0.15, -0.1) is 0 Å². The van der Waals surface area contributed by atoms with Crippen LogP contribution in [0.5, 0.6) is 0 Å². The molecule has 0 saturated carbocycles. The minimum absolute atomic E-state index is 0.220. The zero-order chi connectivity index (χ0) is 19.6. The van der Waals surface area contributed by atoms with Crippen LogP contribution in [-0.4, -0.2) is 42.1 Å². The second kappa shape index (κ2) is 10.5. The fourth-order valence-corrected chi connectivity index (χ4v) is 3.02. The Morgan fingerprint density at radius 3 is 2.11 bits per heavy atom. The fourth-order valence-electron chi connectivity index (χ4n) is 3.02. The van der Waals surface area contributed by atoms with Crippen LogP contribution >= 0.6 is 0 Å². The van der Waals surface area contributed by atoms with E-state index in [1.165, 1.54) is 0 Å². The number of amides is 1. The smallest absolute Gasteiger partial charge is 0.274 e. The van der Waals surface area contributed by atoms with Gasteiger partial charge < -0.3 is 15.1 Å². The molecule has 0 atom stereocenters. The van der Waals surface area contributed by atoms with Crippen molar-refractivity contribution < 1.29 is 4.79 Å². The molecule has 2 rings (SSSR count). The highest BCUT2D eigenvalue weighted by atomic mass is 16.1. The second-order valence-corrected chi connectivity index (χ2v) is 6.40. The maximum Gasteiger partial charge on any atom is 0.274 e. The molecule has 0 unspecified atom stereocenters. The van der Waals surface area contributed by atoms with Crippen LogP contribution in [-0.2, 0) is 0 Å². The highest BCUT2D eigenvalue weighted by molar-refractivity contribution is 6.03. The Bertz CT molecular complexity index is 707. The van der Waals surface area contributed by atoms with Crippen LogP contribution in [0.1, 0.15) is 51.0 Å². The molecule has 1 aromatic carbocycles. The Morgan fingerprint density at radius 2 is 1.56 bits per heavy atom. The maximum atomic E-state index is 12.6. The lowest BCUT2D eigenvalue weighted by Gasteiger charge is -2.21. The summed E-state index contributed by atoms with van der Waals surface area (Å²) in [4.78, 5) is 25.8. The van der Waals surface area contributed by atoms with Crippen LogP contribution in [0.25, 0.3) is 0 Å². The number of nitrogens with one attached hydrogen (secondary N) is 1. The monoisotopic (exact) mass is 369 g/mol. The Kier molecular flexibility index (Phi) is 8.04. The summed E-state index contributed by atoms with van der Waals surface area (Å²) in [6, 6.07) is 9.55. The molecule has 0 radical (unpaired) electrons. The molecular formula is C21H31N5O. The molecule has 0 spiro atoms. The van der Waals surface area contributed by atoms with Gasteiger partial charge in [0.25, 0.3) is 5.91 Å². The van der Waals surface area contributed by atoms with E-state index < -0.39 is 0 Å². The highest BCUT2D eigenvalue weighted by Crippen LogP contribution is 2.18. The van der Waals surface area contributed by atoms with Crippen molar-refractivity contribution in [1.82, 2.24) is 9.97 Å². The van der Waals surface area contributed by atoms with E-state index in [0.29, 0.717) is 11.6 Å². The van der Waals surface area contributed by atoms with Crippen LogP contribution in [0.4, 0.5) is 17.3 Å². The first kappa shape index (κ1) is 20.7. The van der Waals surface area contributed by atoms with Gasteiger partial charge in [-0.05, 0) is 57.0 Å². The van der Waals surface area contributed by atoms with E-state index >= 15 is 0 Å². The fraction of sp³-hybridized carbons (Fsp3) is 0.476. The van der Waals surface area contributed by atoms with Gasteiger partial charge in [0.2, 0.25) is 5.95 Å². The number of nitrogens with zero attached hydrogens (tertiary/aromatic N) is 4. The standard InChI is InChI=1S/C21H31N5O/c1-5-15-26(16-6-2)21-22-14-13-19(24-21)20(27)23-17-9-11-18(12-10-17)25(7-3)8-4/h9-14H,5-8,15-16H2,1-4H3,(H,23,27). The molecule has 1 aromatic heterocycles. The lowest BCUT2D eigenvalue weighted by molar-refractivity contribution is 0.102. The summed E-state index contributed by atoms with van der Waals surface area (Å²) in [5, 5.41) is 2.92. The number of hydrogen-bond acceptors (Lipinski definition) is 5. The molecule has 0 saturated heterocycles. The molecule has 0 aliphatic heterocycles. The first-order valence-corrected chi connectivity index (χ1v) is 9.87. The van der Waals surface area contributed by atoms with Gasteiger partial charge in [0, 0.05) is 43.8 Å². The van der Waals surface area contributed by atoms with Gasteiger partial charge in [-0.25, -0.2) is 9.97 Å². The van der Waals surface area contributed by atoms with E-state index in [9.17, 15) is 4.79 Å². The lowest BCUT2D eigenvalue weighted by Crippen LogP contribution is -2.27. The Morgan fingerprint density at radius 1 is 0.926 bits per heavy atom. The van der Waals surface area contributed by atoms with Gasteiger partial charge in [0.1, 0.15) is 5.69 Å². The normalized spacial score (nSPS) is 10.5. The highest BCUT2D eigenvalue weighted by Gasteiger charge is 2.13.